The van der Waals surface area contributed by atoms with Gasteiger partial charge in [-0.2, -0.15) is 0 Å². The van der Waals surface area contributed by atoms with Crippen LogP contribution in [0.2, 0.25) is 0 Å². The first-order valence-electron chi connectivity index (χ1n) is 14.6. The molecular weight excluding hydrogens is 541 g/mol. The topological polar surface area (TPSA) is 95.4 Å². The number of allylic oxidation sites excluding steroid dienone is 4. The lowest BCUT2D eigenvalue weighted by Crippen LogP contribution is -2.57. The minimum Gasteiger partial charge on any atom is -0.381 e. The minimum absolute atomic E-state index is 0.00683. The number of likely N-dealkylation sites (N-methyl/N-ethyl adjacent to an activating group) is 1. The molecule has 2 N–H and O–H groups in total. The van der Waals surface area contributed by atoms with E-state index in [1.165, 1.54) is 25.6 Å². The van der Waals surface area contributed by atoms with E-state index >= 15 is 4.39 Å². The third-order valence-corrected chi connectivity index (χ3v) is 9.17. The van der Waals surface area contributed by atoms with Gasteiger partial charge in [-0.25, -0.2) is 9.38 Å². The zero-order chi connectivity index (χ0) is 29.7. The number of hydrogen-bond donors (Lipinski definition) is 2. The molecule has 0 spiro atoms. The second-order valence-corrected chi connectivity index (χ2v) is 12.4. The molecule has 8 nitrogen and oxygen atoms in total. The van der Waals surface area contributed by atoms with Gasteiger partial charge in [0.25, 0.3) is 0 Å². The van der Waals surface area contributed by atoms with Gasteiger partial charge in [0.1, 0.15) is 11.7 Å². The maximum absolute atomic E-state index is 15.0. The predicted octanol–water partition coefficient (Wildman–Crippen LogP) is 4.01. The number of likely N-dealkylation sites (tertiary alicyclic amines) is 1. The van der Waals surface area contributed by atoms with Crippen LogP contribution in [0.25, 0.3) is 0 Å². The van der Waals surface area contributed by atoms with Gasteiger partial charge < -0.3 is 20.3 Å². The Kier molecular flexibility index (Phi) is 10.4. The Balaban J connectivity index is 1.60. The lowest BCUT2D eigenvalue weighted by Gasteiger charge is -2.35. The van der Waals surface area contributed by atoms with Crippen LogP contribution >= 0.6 is 11.8 Å². The first kappa shape index (κ1) is 31.4. The molecule has 0 aromatic carbocycles. The Hall–Kier alpha value is -2.56. The normalized spacial score (nSPS) is 26.6. The fourth-order valence-corrected chi connectivity index (χ4v) is 6.53. The molecule has 4 aliphatic rings. The molecule has 2 amide bonds. The molecule has 3 unspecified atom stereocenters. The molecule has 0 saturated carbocycles. The molecular formula is C31H44FN5O3S. The lowest BCUT2D eigenvalue weighted by molar-refractivity contribution is -0.139. The molecule has 10 heteroatoms. The number of rotatable bonds is 9. The van der Waals surface area contributed by atoms with E-state index in [9.17, 15) is 9.59 Å². The molecule has 4 rings (SSSR count). The van der Waals surface area contributed by atoms with Crippen LogP contribution in [0.15, 0.2) is 58.2 Å². The van der Waals surface area contributed by atoms with Crippen LogP contribution in [0, 0.1) is 11.8 Å². The second-order valence-electron chi connectivity index (χ2n) is 11.6. The van der Waals surface area contributed by atoms with Crippen LogP contribution in [-0.2, 0) is 14.3 Å². The number of carbonyl (C=O) groups excluding carboxylic acids is 2. The van der Waals surface area contributed by atoms with Crippen LogP contribution in [0.5, 0.6) is 0 Å². The minimum atomic E-state index is -1.60. The molecule has 2 fully saturated rings. The summed E-state index contributed by atoms with van der Waals surface area (Å²) in [7, 11) is 1.73. The van der Waals surface area contributed by atoms with Gasteiger partial charge in [-0.1, -0.05) is 30.9 Å². The Morgan fingerprint density at radius 3 is 2.61 bits per heavy atom. The van der Waals surface area contributed by atoms with Crippen molar-refractivity contribution in [3.63, 3.8) is 0 Å². The van der Waals surface area contributed by atoms with Crippen molar-refractivity contribution in [3.05, 3.63) is 48.2 Å². The van der Waals surface area contributed by atoms with E-state index in [0.29, 0.717) is 31.2 Å². The van der Waals surface area contributed by atoms with Crippen molar-refractivity contribution < 1.29 is 18.7 Å². The van der Waals surface area contributed by atoms with E-state index in [1.807, 2.05) is 29.4 Å². The second kappa shape index (κ2) is 13.6. The van der Waals surface area contributed by atoms with Crippen molar-refractivity contribution >= 4 is 34.3 Å². The fourth-order valence-electron chi connectivity index (χ4n) is 5.81. The molecule has 0 aromatic heterocycles. The monoisotopic (exact) mass is 585 g/mol. The van der Waals surface area contributed by atoms with Gasteiger partial charge in [-0.15, -0.1) is 11.8 Å². The highest BCUT2D eigenvalue weighted by Crippen LogP contribution is 2.36. The summed E-state index contributed by atoms with van der Waals surface area (Å²) in [6.45, 7) is 10.9. The van der Waals surface area contributed by atoms with E-state index in [2.05, 4.69) is 28.3 Å². The molecule has 3 heterocycles. The summed E-state index contributed by atoms with van der Waals surface area (Å²) in [5.74, 6) is -0.336. The molecule has 0 aromatic rings. The van der Waals surface area contributed by atoms with Crippen LogP contribution < -0.4 is 10.6 Å². The molecule has 224 valence electrons. The molecule has 0 bridgehead atoms. The summed E-state index contributed by atoms with van der Waals surface area (Å²) < 4.78 is 20.5. The maximum Gasteiger partial charge on any atom is 0.246 e. The van der Waals surface area contributed by atoms with Crippen molar-refractivity contribution in [2.45, 2.75) is 76.3 Å². The summed E-state index contributed by atoms with van der Waals surface area (Å²) in [5.41, 5.74) is 0.166. The van der Waals surface area contributed by atoms with Gasteiger partial charge in [-0.05, 0) is 77.3 Å². The molecule has 3 aliphatic heterocycles. The first-order chi connectivity index (χ1) is 19.5. The number of fused-ring (bicyclic) bond motifs is 1. The first-order valence-corrected chi connectivity index (χ1v) is 15.8. The third-order valence-electron chi connectivity index (χ3n) is 8.39. The summed E-state index contributed by atoms with van der Waals surface area (Å²) >= 11 is 1.50. The number of nitrogens with one attached hydrogen (secondary N) is 2. The van der Waals surface area contributed by atoms with Gasteiger partial charge in [0.15, 0.2) is 0 Å². The average molecular weight is 586 g/mol. The number of alkyl halides is 1. The van der Waals surface area contributed by atoms with Crippen LogP contribution in [-0.4, -0.2) is 90.4 Å². The van der Waals surface area contributed by atoms with Gasteiger partial charge in [-0.3, -0.25) is 14.6 Å². The highest BCUT2D eigenvalue weighted by molar-refractivity contribution is 8.13. The van der Waals surface area contributed by atoms with E-state index in [1.54, 1.807) is 20.0 Å². The number of dihydropyridines is 1. The Morgan fingerprint density at radius 2 is 1.95 bits per heavy atom. The number of carbonyl (C=O) groups is 2. The van der Waals surface area contributed by atoms with Gasteiger partial charge in [0.05, 0.1) is 34.6 Å². The number of hydrogen-bond acceptors (Lipinski definition) is 7. The Morgan fingerprint density at radius 1 is 1.24 bits per heavy atom. The van der Waals surface area contributed by atoms with Crippen molar-refractivity contribution in [1.82, 2.24) is 15.5 Å². The lowest BCUT2D eigenvalue weighted by atomic mass is 9.82. The van der Waals surface area contributed by atoms with Crippen molar-refractivity contribution in [3.8, 4) is 0 Å². The highest BCUT2D eigenvalue weighted by atomic mass is 32.2. The van der Waals surface area contributed by atoms with Crippen molar-refractivity contribution in [2.24, 2.45) is 21.8 Å². The van der Waals surface area contributed by atoms with Crippen LogP contribution in [0.4, 0.5) is 4.39 Å². The Labute approximate surface area is 247 Å². The summed E-state index contributed by atoms with van der Waals surface area (Å²) in [6, 6.07) is -1.46. The van der Waals surface area contributed by atoms with E-state index in [0.717, 1.165) is 36.3 Å². The summed E-state index contributed by atoms with van der Waals surface area (Å²) in [6.07, 6.45) is 14.7. The molecule has 0 radical (unpaired) electrons. The van der Waals surface area contributed by atoms with E-state index in [4.69, 9.17) is 9.73 Å². The van der Waals surface area contributed by atoms with Crippen molar-refractivity contribution in [1.29, 1.82) is 0 Å². The third kappa shape index (κ3) is 7.27. The number of halogens is 1. The van der Waals surface area contributed by atoms with Crippen molar-refractivity contribution in [2.75, 3.05) is 33.1 Å². The quantitative estimate of drug-likeness (QED) is 0.315. The SMILES string of the molecule is C=C(N=C(SC)C1CCCN1C(=O)[C@@H](NC(=O)[C@H](C)NC)C1CCOCC1)C1=CC(C(C)(C)F)=NC2C=CC=CC12. The number of nitrogens with zero attached hydrogens (tertiary/aromatic N) is 3. The predicted molar refractivity (Wildman–Crippen MR) is 165 cm³/mol. The highest BCUT2D eigenvalue weighted by Gasteiger charge is 2.41. The molecule has 5 atom stereocenters. The van der Waals surface area contributed by atoms with Gasteiger partial charge in [0.2, 0.25) is 11.8 Å². The van der Waals surface area contributed by atoms with Crippen LogP contribution in [0.3, 0.4) is 0 Å². The maximum atomic E-state index is 15.0. The fraction of sp³-hybridized carbons (Fsp3) is 0.613. The largest absolute Gasteiger partial charge is 0.381 e. The number of aliphatic imine (C=N–C) groups is 2. The summed E-state index contributed by atoms with van der Waals surface area (Å²) in [4.78, 5) is 38.5. The number of amides is 2. The van der Waals surface area contributed by atoms with E-state index in [-0.39, 0.29) is 35.7 Å². The average Bonchev–Trinajstić information content (AvgIpc) is 3.46. The van der Waals surface area contributed by atoms with Gasteiger partial charge >= 0.3 is 0 Å². The van der Waals surface area contributed by atoms with Gasteiger partial charge in [0, 0.05) is 25.7 Å². The zero-order valence-electron chi connectivity index (χ0n) is 24.9. The molecule has 1 aliphatic carbocycles. The Bertz CT molecular complexity index is 1160. The van der Waals surface area contributed by atoms with Crippen LogP contribution in [0.1, 0.15) is 46.5 Å². The standard InChI is InChI=1S/C31H44FN5O3S/c1-19(23-18-26(31(3,4)32)35-24-11-8-7-10-22(23)24)34-29(41-6)25-12-9-15-37(25)30(39)27(21-13-16-40-17-14-21)36-28(38)20(2)33-5/h7-8,10-11,18,20-22,24-25,27,33H,1,9,12-17H2,2-6H3,(H,36,38)/t20-,22?,24?,25?,27-/m0/s1. The number of thioether (sulfide) groups is 1. The smallest absolute Gasteiger partial charge is 0.246 e. The molecule has 2 saturated heterocycles. The number of ether oxygens (including phenoxy) is 1. The van der Waals surface area contributed by atoms with E-state index < -0.39 is 17.8 Å². The summed E-state index contributed by atoms with van der Waals surface area (Å²) in [5, 5.41) is 6.80. The molecule has 41 heavy (non-hydrogen) atoms. The zero-order valence-corrected chi connectivity index (χ0v) is 25.7.